The van der Waals surface area contributed by atoms with Crippen molar-refractivity contribution in [3.05, 3.63) is 22.8 Å². The molecule has 0 saturated heterocycles. The molecule has 0 spiro atoms. The standard InChI is InChI=1S/C7H7ClN4O2S/c8-7(13)11-15(14)4-1-2-5-6(3-4)10-12-9-5/h1-2,7,11,13H,3H2. The van der Waals surface area contributed by atoms with Crippen molar-refractivity contribution in [2.75, 3.05) is 0 Å². The van der Waals surface area contributed by atoms with Gasteiger partial charge in [-0.25, -0.2) is 4.21 Å². The fraction of sp³-hybridized carbons (Fsp3) is 0.286. The number of halogens is 1. The van der Waals surface area contributed by atoms with E-state index >= 15 is 0 Å². The van der Waals surface area contributed by atoms with Crippen LogP contribution in [0.5, 0.6) is 0 Å². The number of hydrogen-bond acceptors (Lipinski definition) is 5. The number of fused-ring (bicyclic) bond motifs is 1. The average molecular weight is 247 g/mol. The van der Waals surface area contributed by atoms with Crippen LogP contribution < -0.4 is 4.72 Å². The summed E-state index contributed by atoms with van der Waals surface area (Å²) in [4.78, 5) is 0.574. The third-order valence-corrected chi connectivity index (χ3v) is 3.26. The number of nitrogens with zero attached hydrogens (tertiary/aromatic N) is 3. The zero-order chi connectivity index (χ0) is 10.8. The summed E-state index contributed by atoms with van der Waals surface area (Å²) in [7, 11) is -1.53. The molecule has 80 valence electrons. The zero-order valence-corrected chi connectivity index (χ0v) is 8.99. The van der Waals surface area contributed by atoms with Crippen LogP contribution >= 0.6 is 11.6 Å². The molecule has 0 amide bonds. The number of rotatable bonds is 3. The van der Waals surface area contributed by atoms with Crippen molar-refractivity contribution in [1.82, 2.24) is 4.72 Å². The van der Waals surface area contributed by atoms with Crippen LogP contribution in [0.25, 0.3) is 0 Å². The summed E-state index contributed by atoms with van der Waals surface area (Å²) >= 11 is 5.24. The summed E-state index contributed by atoms with van der Waals surface area (Å²) in [5.41, 5.74) is 0.0193. The van der Waals surface area contributed by atoms with Crippen LogP contribution in [0.15, 0.2) is 38.2 Å². The van der Waals surface area contributed by atoms with Crippen molar-refractivity contribution in [3.63, 3.8) is 0 Å². The summed E-state index contributed by atoms with van der Waals surface area (Å²) in [5.74, 6) is 0. The molecule has 1 aliphatic carbocycles. The van der Waals surface area contributed by atoms with Gasteiger partial charge in [-0.2, -0.15) is 4.72 Å². The van der Waals surface area contributed by atoms with E-state index in [-0.39, 0.29) is 0 Å². The highest BCUT2D eigenvalue weighted by molar-refractivity contribution is 7.87. The second-order valence-electron chi connectivity index (χ2n) is 2.82. The van der Waals surface area contributed by atoms with Gasteiger partial charge >= 0.3 is 0 Å². The highest BCUT2D eigenvalue weighted by atomic mass is 35.5. The van der Waals surface area contributed by atoms with Crippen LogP contribution in [0.3, 0.4) is 0 Å². The molecule has 2 N–H and O–H groups in total. The summed E-state index contributed by atoms with van der Waals surface area (Å²) in [6, 6.07) is 0. The third kappa shape index (κ3) is 2.37. The molecule has 15 heavy (non-hydrogen) atoms. The van der Waals surface area contributed by atoms with Gasteiger partial charge in [-0.3, -0.25) is 0 Å². The highest BCUT2D eigenvalue weighted by Crippen LogP contribution is 2.23. The van der Waals surface area contributed by atoms with Gasteiger partial charge in [0, 0.05) is 11.3 Å². The number of hydrogen-bond donors (Lipinski definition) is 2. The van der Waals surface area contributed by atoms with E-state index in [1.165, 1.54) is 0 Å². The lowest BCUT2D eigenvalue weighted by Gasteiger charge is -2.11. The number of nitrogens with one attached hydrogen (secondary N) is 1. The van der Waals surface area contributed by atoms with Gasteiger partial charge in [0.25, 0.3) is 0 Å². The zero-order valence-electron chi connectivity index (χ0n) is 7.42. The van der Waals surface area contributed by atoms with E-state index in [9.17, 15) is 4.21 Å². The molecular formula is C7H7ClN4O2S. The van der Waals surface area contributed by atoms with Crippen LogP contribution in [0.1, 0.15) is 6.42 Å². The molecule has 0 fully saturated rings. The number of alkyl halides is 1. The minimum Gasteiger partial charge on any atom is -0.364 e. The summed E-state index contributed by atoms with van der Waals surface area (Å²) in [6.07, 6.45) is 3.72. The van der Waals surface area contributed by atoms with Gasteiger partial charge in [-0.05, 0) is 17.4 Å². The molecule has 0 aromatic carbocycles. The minimum atomic E-state index is -1.53. The summed E-state index contributed by atoms with van der Waals surface area (Å²) in [6.45, 7) is 0. The van der Waals surface area contributed by atoms with Gasteiger partial charge in [-0.1, -0.05) is 11.6 Å². The molecule has 6 nitrogen and oxygen atoms in total. The van der Waals surface area contributed by atoms with Crippen molar-refractivity contribution >= 4 is 28.3 Å². The lowest BCUT2D eigenvalue weighted by molar-refractivity contribution is 0.248. The largest absolute Gasteiger partial charge is 0.364 e. The van der Waals surface area contributed by atoms with E-state index in [0.717, 1.165) is 0 Å². The van der Waals surface area contributed by atoms with Crippen molar-refractivity contribution in [2.45, 2.75) is 12.1 Å². The topological polar surface area (TPSA) is 86.4 Å². The Kier molecular flexibility index (Phi) is 3.06. The van der Waals surface area contributed by atoms with E-state index in [4.69, 9.17) is 16.7 Å². The fourth-order valence-corrected chi connectivity index (χ4v) is 2.21. The van der Waals surface area contributed by atoms with E-state index < -0.39 is 16.7 Å². The monoisotopic (exact) mass is 246 g/mol. The number of allylic oxidation sites excluding steroid dienone is 4. The smallest absolute Gasteiger partial charge is 0.193 e. The highest BCUT2D eigenvalue weighted by Gasteiger charge is 2.21. The van der Waals surface area contributed by atoms with Gasteiger partial charge in [0.15, 0.2) is 5.69 Å². The van der Waals surface area contributed by atoms with E-state index in [1.54, 1.807) is 12.2 Å². The lowest BCUT2D eigenvalue weighted by atomic mass is 10.1. The quantitative estimate of drug-likeness (QED) is 0.437. The minimum absolute atomic E-state index is 0.391. The van der Waals surface area contributed by atoms with Gasteiger partial charge < -0.3 is 5.11 Å². The summed E-state index contributed by atoms with van der Waals surface area (Å²) in [5, 5.41) is 19.8. The average Bonchev–Trinajstić information content (AvgIpc) is 2.62. The third-order valence-electron chi connectivity index (χ3n) is 1.82. The summed E-state index contributed by atoms with van der Waals surface area (Å²) < 4.78 is 13.8. The fourth-order valence-electron chi connectivity index (χ4n) is 1.18. The molecule has 0 aromatic heterocycles. The molecule has 0 radical (unpaired) electrons. The van der Waals surface area contributed by atoms with E-state index in [1.807, 2.05) is 0 Å². The first-order chi connectivity index (χ1) is 7.16. The molecule has 2 unspecified atom stereocenters. The first-order valence-corrected chi connectivity index (χ1v) is 5.64. The first kappa shape index (κ1) is 10.6. The number of aliphatic hydroxyl groups is 1. The van der Waals surface area contributed by atoms with Crippen LogP contribution in [0, 0.1) is 0 Å². The molecule has 0 bridgehead atoms. The van der Waals surface area contributed by atoms with E-state index in [2.05, 4.69) is 20.2 Å². The lowest BCUT2D eigenvalue weighted by Crippen LogP contribution is -2.27. The second kappa shape index (κ2) is 4.31. The molecule has 1 heterocycles. The molecule has 2 aliphatic rings. The van der Waals surface area contributed by atoms with Crippen LogP contribution in [0.4, 0.5) is 0 Å². The maximum absolute atomic E-state index is 11.5. The van der Waals surface area contributed by atoms with Crippen molar-refractivity contribution in [2.24, 2.45) is 15.4 Å². The normalized spacial score (nSPS) is 22.7. The van der Waals surface area contributed by atoms with Crippen molar-refractivity contribution < 1.29 is 9.32 Å². The number of aliphatic hydroxyl groups excluding tert-OH is 1. The predicted molar refractivity (Wildman–Crippen MR) is 56.2 cm³/mol. The van der Waals surface area contributed by atoms with Gasteiger partial charge in [0.05, 0.1) is 5.71 Å². The Labute approximate surface area is 93.0 Å². The Morgan fingerprint density at radius 2 is 2.40 bits per heavy atom. The molecule has 0 saturated carbocycles. The van der Waals surface area contributed by atoms with Crippen molar-refractivity contribution in [1.29, 1.82) is 0 Å². The van der Waals surface area contributed by atoms with Gasteiger partial charge in [0.1, 0.15) is 16.7 Å². The molecular weight excluding hydrogens is 240 g/mol. The Morgan fingerprint density at radius 1 is 1.60 bits per heavy atom. The molecule has 0 aromatic rings. The SMILES string of the molecule is O=S(NC(O)Cl)C1=CC=C2N=NN=C2C1. The Balaban J connectivity index is 2.11. The first-order valence-electron chi connectivity index (χ1n) is 4.06. The molecule has 8 heteroatoms. The van der Waals surface area contributed by atoms with Gasteiger partial charge in [-0.15, -0.1) is 10.2 Å². The Bertz CT molecular complexity index is 427. The Hall–Kier alpha value is -0.890. The van der Waals surface area contributed by atoms with E-state index in [0.29, 0.717) is 22.7 Å². The Morgan fingerprint density at radius 3 is 3.13 bits per heavy atom. The molecule has 1 aliphatic heterocycles. The van der Waals surface area contributed by atoms with Crippen LogP contribution in [-0.4, -0.2) is 20.7 Å². The second-order valence-corrected chi connectivity index (χ2v) is 4.53. The van der Waals surface area contributed by atoms with Crippen LogP contribution in [0.2, 0.25) is 0 Å². The van der Waals surface area contributed by atoms with Crippen LogP contribution in [-0.2, 0) is 11.0 Å². The maximum Gasteiger partial charge on any atom is 0.193 e. The molecule has 2 rings (SSSR count). The van der Waals surface area contributed by atoms with Crippen molar-refractivity contribution in [3.8, 4) is 0 Å². The predicted octanol–water partition coefficient (Wildman–Crippen LogP) is 0.748. The molecule has 2 atom stereocenters. The maximum atomic E-state index is 11.5. The van der Waals surface area contributed by atoms with Gasteiger partial charge in [0.2, 0.25) is 0 Å².